The minimum absolute atomic E-state index is 0.0242. The Morgan fingerprint density at radius 1 is 1.11 bits per heavy atom. The van der Waals surface area contributed by atoms with E-state index in [4.69, 9.17) is 17.9 Å². The number of hydrogen-bond acceptors (Lipinski definition) is 5. The summed E-state index contributed by atoms with van der Waals surface area (Å²) in [6, 6.07) is 12.2. The van der Waals surface area contributed by atoms with Gasteiger partial charge in [-0.3, -0.25) is 19.2 Å². The quantitative estimate of drug-likeness (QED) is 0.283. The van der Waals surface area contributed by atoms with Crippen LogP contribution in [0.25, 0.3) is 10.8 Å². The van der Waals surface area contributed by atoms with E-state index in [1.54, 1.807) is 4.90 Å². The van der Waals surface area contributed by atoms with Crippen molar-refractivity contribution in [3.05, 3.63) is 48.0 Å². The van der Waals surface area contributed by atoms with Gasteiger partial charge in [0.2, 0.25) is 17.7 Å². The third kappa shape index (κ3) is 7.40. The second-order valence-corrected chi connectivity index (χ2v) is 9.58. The predicted molar refractivity (Wildman–Crippen MR) is 143 cm³/mol. The van der Waals surface area contributed by atoms with E-state index in [2.05, 4.69) is 11.2 Å². The SMILES string of the molecule is C#CC[C@H](NC(=O)[C@H](CCCCN)CC(=O)[C@@H]1CCCN1C(=O)Cc1cccc2ccccc12)C(N)=O. The summed E-state index contributed by atoms with van der Waals surface area (Å²) in [5.74, 6) is 0.275. The Kier molecular flexibility index (Phi) is 10.2. The molecule has 3 amide bonds. The number of ketones is 1. The number of nitrogens with zero attached hydrogens (tertiary/aromatic N) is 1. The first-order valence-corrected chi connectivity index (χ1v) is 12.9. The number of amides is 3. The zero-order valence-corrected chi connectivity index (χ0v) is 21.2. The van der Waals surface area contributed by atoms with Gasteiger partial charge in [-0.25, -0.2) is 0 Å². The number of nitrogens with two attached hydrogens (primary N) is 2. The van der Waals surface area contributed by atoms with Gasteiger partial charge in [0.1, 0.15) is 6.04 Å². The molecule has 0 radical (unpaired) electrons. The number of terminal acetylenes is 1. The third-order valence-corrected chi connectivity index (χ3v) is 6.97. The van der Waals surface area contributed by atoms with E-state index in [1.165, 1.54) is 0 Å². The largest absolute Gasteiger partial charge is 0.368 e. The minimum Gasteiger partial charge on any atom is -0.368 e. The van der Waals surface area contributed by atoms with Crippen LogP contribution in [-0.4, -0.2) is 53.6 Å². The van der Waals surface area contributed by atoms with E-state index in [0.29, 0.717) is 38.8 Å². The average Bonchev–Trinajstić information content (AvgIpc) is 3.38. The second-order valence-electron chi connectivity index (χ2n) is 9.58. The molecule has 1 aliphatic rings. The van der Waals surface area contributed by atoms with Gasteiger partial charge in [0, 0.05) is 25.3 Å². The summed E-state index contributed by atoms with van der Waals surface area (Å²) >= 11 is 0. The Morgan fingerprint density at radius 3 is 2.59 bits per heavy atom. The van der Waals surface area contributed by atoms with Crippen LogP contribution in [0.15, 0.2) is 42.5 Å². The lowest BCUT2D eigenvalue weighted by Crippen LogP contribution is -2.47. The summed E-state index contributed by atoms with van der Waals surface area (Å²) in [7, 11) is 0. The molecule has 1 saturated heterocycles. The number of Topliss-reactive ketones (excluding diaryl/α,β-unsaturated/α-hetero) is 1. The first-order valence-electron chi connectivity index (χ1n) is 12.9. The normalized spacial score (nSPS) is 16.6. The Balaban J connectivity index is 1.70. The number of rotatable bonds is 13. The molecule has 5 N–H and O–H groups in total. The summed E-state index contributed by atoms with van der Waals surface area (Å²) < 4.78 is 0. The van der Waals surface area contributed by atoms with Crippen LogP contribution in [0.3, 0.4) is 0 Å². The van der Waals surface area contributed by atoms with Gasteiger partial charge in [-0.15, -0.1) is 12.3 Å². The van der Waals surface area contributed by atoms with Crippen molar-refractivity contribution < 1.29 is 19.2 Å². The number of benzene rings is 2. The number of carbonyl (C=O) groups excluding carboxylic acids is 4. The van der Waals surface area contributed by atoms with Gasteiger partial charge in [-0.1, -0.05) is 48.9 Å². The van der Waals surface area contributed by atoms with E-state index in [0.717, 1.165) is 22.8 Å². The smallest absolute Gasteiger partial charge is 0.240 e. The van der Waals surface area contributed by atoms with Gasteiger partial charge in [0.15, 0.2) is 5.78 Å². The predicted octanol–water partition coefficient (Wildman–Crippen LogP) is 2.07. The molecule has 0 aliphatic carbocycles. The molecule has 37 heavy (non-hydrogen) atoms. The number of hydrogen-bond donors (Lipinski definition) is 3. The summed E-state index contributed by atoms with van der Waals surface area (Å²) in [5, 5.41) is 4.69. The molecular weight excluding hydrogens is 468 g/mol. The highest BCUT2D eigenvalue weighted by Crippen LogP contribution is 2.25. The van der Waals surface area contributed by atoms with Gasteiger partial charge >= 0.3 is 0 Å². The number of primary amides is 1. The Labute approximate surface area is 218 Å². The molecule has 8 nitrogen and oxygen atoms in total. The number of unbranched alkanes of at least 4 members (excludes halogenated alkanes) is 1. The minimum atomic E-state index is -0.991. The maximum Gasteiger partial charge on any atom is 0.240 e. The van der Waals surface area contributed by atoms with Crippen LogP contribution in [-0.2, 0) is 25.6 Å². The second kappa shape index (κ2) is 13.6. The monoisotopic (exact) mass is 504 g/mol. The van der Waals surface area contributed by atoms with Crippen molar-refractivity contribution in [2.75, 3.05) is 13.1 Å². The molecule has 8 heteroatoms. The van der Waals surface area contributed by atoms with Crippen molar-refractivity contribution in [2.45, 2.75) is 63.5 Å². The molecule has 1 fully saturated rings. The highest BCUT2D eigenvalue weighted by atomic mass is 16.2. The molecule has 196 valence electrons. The molecule has 1 aliphatic heterocycles. The van der Waals surface area contributed by atoms with Gasteiger partial charge in [-0.2, -0.15) is 0 Å². The Hall–Kier alpha value is -3.70. The molecular formula is C29H36N4O4. The molecule has 2 aromatic carbocycles. The van der Waals surface area contributed by atoms with Crippen molar-refractivity contribution in [2.24, 2.45) is 17.4 Å². The van der Waals surface area contributed by atoms with E-state index in [-0.39, 0.29) is 31.0 Å². The molecule has 3 atom stereocenters. The molecule has 0 saturated carbocycles. The fourth-order valence-corrected chi connectivity index (χ4v) is 4.98. The van der Waals surface area contributed by atoms with Crippen molar-refractivity contribution in [3.8, 4) is 12.3 Å². The van der Waals surface area contributed by atoms with E-state index >= 15 is 0 Å². The fourth-order valence-electron chi connectivity index (χ4n) is 4.98. The van der Waals surface area contributed by atoms with E-state index < -0.39 is 29.8 Å². The lowest BCUT2D eigenvalue weighted by atomic mass is 9.91. The lowest BCUT2D eigenvalue weighted by molar-refractivity contribution is -0.138. The van der Waals surface area contributed by atoms with Crippen molar-refractivity contribution in [3.63, 3.8) is 0 Å². The van der Waals surface area contributed by atoms with Crippen LogP contribution < -0.4 is 16.8 Å². The zero-order valence-electron chi connectivity index (χ0n) is 21.2. The molecule has 2 aromatic rings. The standard InChI is InChI=1S/C29H36N4O4/c1-2-9-24(28(31)36)32-29(37)22(11-5-6-16-30)18-26(34)25-15-8-17-33(25)27(35)19-21-13-7-12-20-10-3-4-14-23(20)21/h1,3-4,7,10,12-14,22,24-25H,5-6,8-9,11,15-19,30H2,(H2,31,36)(H,32,37)/t22-,24+,25+/m1/s1. The zero-order chi connectivity index (χ0) is 26.8. The summed E-state index contributed by atoms with van der Waals surface area (Å²) in [6.45, 7) is 0.984. The fraction of sp³-hybridized carbons (Fsp3) is 0.448. The van der Waals surface area contributed by atoms with Gasteiger partial charge < -0.3 is 21.7 Å². The van der Waals surface area contributed by atoms with Crippen LogP contribution in [0.4, 0.5) is 0 Å². The van der Waals surface area contributed by atoms with Gasteiger partial charge in [0.05, 0.1) is 12.5 Å². The lowest BCUT2D eigenvalue weighted by Gasteiger charge is -2.26. The third-order valence-electron chi connectivity index (χ3n) is 6.97. The number of carbonyl (C=O) groups is 4. The molecule has 0 spiro atoms. The Bertz CT molecular complexity index is 1170. The Morgan fingerprint density at radius 2 is 1.86 bits per heavy atom. The summed E-state index contributed by atoms with van der Waals surface area (Å²) in [5.41, 5.74) is 11.9. The number of fused-ring (bicyclic) bond motifs is 1. The van der Waals surface area contributed by atoms with Crippen LogP contribution in [0.5, 0.6) is 0 Å². The van der Waals surface area contributed by atoms with Crippen molar-refractivity contribution in [1.29, 1.82) is 0 Å². The van der Waals surface area contributed by atoms with Gasteiger partial charge in [0.25, 0.3) is 0 Å². The van der Waals surface area contributed by atoms with Crippen LogP contribution in [0.1, 0.15) is 50.5 Å². The summed E-state index contributed by atoms with van der Waals surface area (Å²) in [4.78, 5) is 53.0. The van der Waals surface area contributed by atoms with Crippen molar-refractivity contribution in [1.82, 2.24) is 10.2 Å². The molecule has 3 rings (SSSR count). The summed E-state index contributed by atoms with van der Waals surface area (Å²) in [6.07, 6.45) is 8.55. The maximum atomic E-state index is 13.4. The first-order chi connectivity index (χ1) is 17.8. The topological polar surface area (TPSA) is 136 Å². The highest BCUT2D eigenvalue weighted by molar-refractivity contribution is 5.95. The van der Waals surface area contributed by atoms with E-state index in [1.807, 2.05) is 42.5 Å². The maximum absolute atomic E-state index is 13.4. The first kappa shape index (κ1) is 27.9. The molecule has 0 aromatic heterocycles. The van der Waals surface area contributed by atoms with Crippen LogP contribution >= 0.6 is 0 Å². The molecule has 0 bridgehead atoms. The van der Waals surface area contributed by atoms with Crippen LogP contribution in [0, 0.1) is 18.3 Å². The number of nitrogens with one attached hydrogen (secondary N) is 1. The number of likely N-dealkylation sites (tertiary alicyclic amines) is 1. The van der Waals surface area contributed by atoms with Gasteiger partial charge in [-0.05, 0) is 48.6 Å². The molecule has 1 heterocycles. The van der Waals surface area contributed by atoms with E-state index in [9.17, 15) is 19.2 Å². The highest BCUT2D eigenvalue weighted by Gasteiger charge is 2.36. The average molecular weight is 505 g/mol. The van der Waals surface area contributed by atoms with Crippen LogP contribution in [0.2, 0.25) is 0 Å². The molecule has 0 unspecified atom stereocenters. The van der Waals surface area contributed by atoms with Crippen molar-refractivity contribution >= 4 is 34.3 Å².